The van der Waals surface area contributed by atoms with E-state index in [1.165, 1.54) is 29.2 Å². The fourth-order valence-corrected chi connectivity index (χ4v) is 3.18. The van der Waals surface area contributed by atoms with E-state index >= 15 is 0 Å². The van der Waals surface area contributed by atoms with Gasteiger partial charge in [-0.15, -0.1) is 0 Å². The van der Waals surface area contributed by atoms with Crippen LogP contribution in [0.15, 0.2) is 65.7 Å². The molecular formula is C20H12Cl2N2O3. The number of amides is 1. The Balaban J connectivity index is 1.87. The molecule has 0 aromatic heterocycles. The van der Waals surface area contributed by atoms with E-state index in [2.05, 4.69) is 4.99 Å². The molecule has 0 atom stereocenters. The first-order chi connectivity index (χ1) is 12.9. The molecule has 134 valence electrons. The first-order valence-electron chi connectivity index (χ1n) is 7.94. The molecular weight excluding hydrogens is 387 g/mol. The van der Waals surface area contributed by atoms with E-state index < -0.39 is 0 Å². The van der Waals surface area contributed by atoms with Gasteiger partial charge in [-0.3, -0.25) is 9.69 Å². The molecule has 1 heterocycles. The van der Waals surface area contributed by atoms with Gasteiger partial charge in [0.05, 0.1) is 21.4 Å². The summed E-state index contributed by atoms with van der Waals surface area (Å²) in [4.78, 5) is 19.0. The van der Waals surface area contributed by atoms with Crippen LogP contribution in [-0.4, -0.2) is 21.8 Å². The Morgan fingerprint density at radius 1 is 0.815 bits per heavy atom. The van der Waals surface area contributed by atoms with E-state index in [1.54, 1.807) is 36.4 Å². The maximum atomic E-state index is 13.1. The third-order valence-electron chi connectivity index (χ3n) is 4.13. The van der Waals surface area contributed by atoms with Gasteiger partial charge in [-0.2, -0.15) is 0 Å². The van der Waals surface area contributed by atoms with Gasteiger partial charge in [-0.1, -0.05) is 23.2 Å². The average Bonchev–Trinajstić information content (AvgIpc) is 2.90. The van der Waals surface area contributed by atoms with Gasteiger partial charge in [0, 0.05) is 11.3 Å². The van der Waals surface area contributed by atoms with Crippen LogP contribution in [-0.2, 0) is 4.79 Å². The van der Waals surface area contributed by atoms with Crippen molar-refractivity contribution in [3.05, 3.63) is 76.3 Å². The molecule has 1 amide bonds. The number of hydrogen-bond donors (Lipinski definition) is 2. The van der Waals surface area contributed by atoms with Crippen LogP contribution < -0.4 is 4.90 Å². The molecule has 0 spiro atoms. The lowest BCUT2D eigenvalue weighted by molar-refractivity contribution is -0.111. The molecule has 1 aliphatic heterocycles. The zero-order chi connectivity index (χ0) is 19.1. The number of halogens is 2. The summed E-state index contributed by atoms with van der Waals surface area (Å²) in [5.74, 6) is -0.232. The van der Waals surface area contributed by atoms with E-state index in [0.717, 1.165) is 0 Å². The largest absolute Gasteiger partial charge is 0.508 e. The predicted octanol–water partition coefficient (Wildman–Crippen LogP) is 5.20. The maximum absolute atomic E-state index is 13.1. The SMILES string of the molecule is O=C1C(=Nc2ccc(Cl)c(Cl)c2)c2cc(O)ccc2N1c1ccc(O)cc1. The number of hydrogen-bond acceptors (Lipinski definition) is 4. The van der Waals surface area contributed by atoms with Crippen LogP contribution in [0.1, 0.15) is 5.56 Å². The Bertz CT molecular complexity index is 1090. The number of phenols is 2. The zero-order valence-electron chi connectivity index (χ0n) is 13.7. The lowest BCUT2D eigenvalue weighted by Crippen LogP contribution is -2.25. The van der Waals surface area contributed by atoms with Gasteiger partial charge in [0.1, 0.15) is 17.2 Å². The van der Waals surface area contributed by atoms with Crippen molar-refractivity contribution in [2.45, 2.75) is 0 Å². The van der Waals surface area contributed by atoms with Crippen molar-refractivity contribution in [2.24, 2.45) is 4.99 Å². The second-order valence-electron chi connectivity index (χ2n) is 5.92. The minimum Gasteiger partial charge on any atom is -0.508 e. The quantitative estimate of drug-likeness (QED) is 0.622. The predicted molar refractivity (Wildman–Crippen MR) is 106 cm³/mol. The topological polar surface area (TPSA) is 73.1 Å². The van der Waals surface area contributed by atoms with Gasteiger partial charge in [-0.25, -0.2) is 4.99 Å². The summed E-state index contributed by atoms with van der Waals surface area (Å²) in [6.45, 7) is 0. The Hall–Kier alpha value is -3.02. The standard InChI is InChI=1S/C20H12Cl2N2O3/c21-16-7-1-11(9-17(16)22)23-19-15-10-14(26)6-8-18(15)24(20(19)27)12-2-4-13(25)5-3-12/h1-10,25-26H. The van der Waals surface area contributed by atoms with E-state index in [0.29, 0.717) is 32.7 Å². The summed E-state index contributed by atoms with van der Waals surface area (Å²) in [6, 6.07) is 15.7. The van der Waals surface area contributed by atoms with E-state index in [-0.39, 0.29) is 23.1 Å². The van der Waals surface area contributed by atoms with Crippen molar-refractivity contribution in [1.82, 2.24) is 0 Å². The van der Waals surface area contributed by atoms with Crippen LogP contribution in [0.25, 0.3) is 0 Å². The number of carbonyl (C=O) groups excluding carboxylic acids is 1. The third-order valence-corrected chi connectivity index (χ3v) is 4.87. The number of phenolic OH excluding ortho intramolecular Hbond substituents is 2. The summed E-state index contributed by atoms with van der Waals surface area (Å²) in [6.07, 6.45) is 0. The molecule has 0 saturated carbocycles. The highest BCUT2D eigenvalue weighted by atomic mass is 35.5. The van der Waals surface area contributed by atoms with Crippen LogP contribution >= 0.6 is 23.2 Å². The number of carbonyl (C=O) groups is 1. The van der Waals surface area contributed by atoms with Crippen molar-refractivity contribution >= 4 is 51.9 Å². The lowest BCUT2D eigenvalue weighted by atomic mass is 10.1. The van der Waals surface area contributed by atoms with E-state index in [1.807, 2.05) is 0 Å². The Morgan fingerprint density at radius 3 is 2.22 bits per heavy atom. The summed E-state index contributed by atoms with van der Waals surface area (Å²) < 4.78 is 0. The minimum absolute atomic E-state index is 0.0240. The van der Waals surface area contributed by atoms with Gasteiger partial charge in [0.2, 0.25) is 0 Å². The first-order valence-corrected chi connectivity index (χ1v) is 8.70. The molecule has 5 nitrogen and oxygen atoms in total. The third kappa shape index (κ3) is 3.12. The highest BCUT2D eigenvalue weighted by Gasteiger charge is 2.35. The fraction of sp³-hybridized carbons (Fsp3) is 0. The Kier molecular flexibility index (Phi) is 4.26. The molecule has 1 aliphatic rings. The average molecular weight is 399 g/mol. The summed E-state index contributed by atoms with van der Waals surface area (Å²) in [7, 11) is 0. The van der Waals surface area contributed by atoms with E-state index in [9.17, 15) is 15.0 Å². The number of rotatable bonds is 2. The normalized spacial score (nSPS) is 14.7. The molecule has 7 heteroatoms. The van der Waals surface area contributed by atoms with Gasteiger partial charge in [0.25, 0.3) is 5.91 Å². The molecule has 27 heavy (non-hydrogen) atoms. The zero-order valence-corrected chi connectivity index (χ0v) is 15.2. The van der Waals surface area contributed by atoms with Crippen LogP contribution in [0.5, 0.6) is 11.5 Å². The summed E-state index contributed by atoms with van der Waals surface area (Å²) in [5, 5.41) is 20.1. The van der Waals surface area contributed by atoms with Gasteiger partial charge >= 0.3 is 0 Å². The summed E-state index contributed by atoms with van der Waals surface area (Å²) >= 11 is 12.0. The molecule has 3 aromatic rings. The minimum atomic E-state index is -0.354. The van der Waals surface area contributed by atoms with Gasteiger partial charge < -0.3 is 10.2 Å². The number of anilines is 2. The Labute approximate surface area is 164 Å². The van der Waals surface area contributed by atoms with Crippen molar-refractivity contribution in [3.8, 4) is 11.5 Å². The molecule has 0 radical (unpaired) electrons. The highest BCUT2D eigenvalue weighted by molar-refractivity contribution is 6.56. The molecule has 2 N–H and O–H groups in total. The number of fused-ring (bicyclic) bond motifs is 1. The highest BCUT2D eigenvalue weighted by Crippen LogP contribution is 2.39. The fourth-order valence-electron chi connectivity index (χ4n) is 2.89. The van der Waals surface area contributed by atoms with Crippen LogP contribution in [0.4, 0.5) is 17.1 Å². The van der Waals surface area contributed by atoms with Crippen molar-refractivity contribution in [1.29, 1.82) is 0 Å². The second-order valence-corrected chi connectivity index (χ2v) is 6.73. The lowest BCUT2D eigenvalue weighted by Gasteiger charge is -2.17. The van der Waals surface area contributed by atoms with Crippen molar-refractivity contribution in [2.75, 3.05) is 4.90 Å². The second kappa shape index (κ2) is 6.61. The van der Waals surface area contributed by atoms with Crippen LogP contribution in [0.3, 0.4) is 0 Å². The molecule has 0 unspecified atom stereocenters. The van der Waals surface area contributed by atoms with E-state index in [4.69, 9.17) is 23.2 Å². The number of nitrogens with zero attached hydrogens (tertiary/aromatic N) is 2. The summed E-state index contributed by atoms with van der Waals surface area (Å²) in [5.41, 5.74) is 2.30. The van der Waals surface area contributed by atoms with Crippen molar-refractivity contribution < 1.29 is 15.0 Å². The maximum Gasteiger partial charge on any atom is 0.282 e. The monoisotopic (exact) mass is 398 g/mol. The molecule has 0 aliphatic carbocycles. The molecule has 0 bridgehead atoms. The Morgan fingerprint density at radius 2 is 1.52 bits per heavy atom. The number of aromatic hydroxyl groups is 2. The molecule has 0 saturated heterocycles. The molecule has 0 fully saturated rings. The van der Waals surface area contributed by atoms with Gasteiger partial charge in [0.15, 0.2) is 0 Å². The number of benzene rings is 3. The van der Waals surface area contributed by atoms with Crippen LogP contribution in [0.2, 0.25) is 10.0 Å². The van der Waals surface area contributed by atoms with Crippen molar-refractivity contribution in [3.63, 3.8) is 0 Å². The smallest absolute Gasteiger partial charge is 0.282 e. The van der Waals surface area contributed by atoms with Crippen LogP contribution in [0, 0.1) is 0 Å². The van der Waals surface area contributed by atoms with Gasteiger partial charge in [-0.05, 0) is 60.7 Å². The molecule has 4 rings (SSSR count). The first kappa shape index (κ1) is 17.4. The number of aliphatic imine (C=N–C) groups is 1. The molecule has 3 aromatic carbocycles.